The summed E-state index contributed by atoms with van der Waals surface area (Å²) in [6.07, 6.45) is 2.79. The maximum atomic E-state index is 12.3. The number of likely N-dealkylation sites (tertiary alicyclic amines) is 1. The third-order valence-corrected chi connectivity index (χ3v) is 3.66. The Hall–Kier alpha value is -2.04. The molecule has 0 unspecified atom stereocenters. The number of carbonyl (C=O) groups excluding carboxylic acids is 2. The Morgan fingerprint density at radius 1 is 1.18 bits per heavy atom. The molecule has 1 fully saturated rings. The molecule has 1 amide bonds. The quantitative estimate of drug-likeness (QED) is 0.784. The van der Waals surface area contributed by atoms with Gasteiger partial charge in [-0.1, -0.05) is 37.3 Å². The van der Waals surface area contributed by atoms with Crippen LogP contribution in [-0.4, -0.2) is 36.2 Å². The third-order valence-electron chi connectivity index (χ3n) is 3.66. The molecule has 1 heterocycles. The number of nitrogens with zero attached hydrogens (tertiary/aromatic N) is 1. The summed E-state index contributed by atoms with van der Waals surface area (Å²) in [5, 5.41) is 0. The Morgan fingerprint density at radius 3 is 2.68 bits per heavy atom. The van der Waals surface area contributed by atoms with Crippen LogP contribution in [-0.2, 0) is 20.9 Å². The summed E-state index contributed by atoms with van der Waals surface area (Å²) in [6, 6.07) is 9.00. The zero-order valence-electron chi connectivity index (χ0n) is 13.0. The number of carbonyl (C=O) groups is 2. The molecule has 5 heteroatoms. The van der Waals surface area contributed by atoms with Gasteiger partial charge in [0.15, 0.2) is 0 Å². The second-order valence-electron chi connectivity index (χ2n) is 5.41. The SMILES string of the molecule is CCCOC(=O)[C@@H]1CCCCN1C(=O)OCc1ccccc1. The molecule has 0 saturated carbocycles. The summed E-state index contributed by atoms with van der Waals surface area (Å²) in [7, 11) is 0. The fourth-order valence-electron chi connectivity index (χ4n) is 2.50. The van der Waals surface area contributed by atoms with E-state index in [0.29, 0.717) is 19.6 Å². The smallest absolute Gasteiger partial charge is 0.410 e. The van der Waals surface area contributed by atoms with Crippen molar-refractivity contribution in [2.75, 3.05) is 13.2 Å². The van der Waals surface area contributed by atoms with Gasteiger partial charge in [0, 0.05) is 6.54 Å². The highest BCUT2D eigenvalue weighted by Gasteiger charge is 2.34. The average Bonchev–Trinajstić information content (AvgIpc) is 2.58. The lowest BCUT2D eigenvalue weighted by Gasteiger charge is -2.33. The lowest BCUT2D eigenvalue weighted by Crippen LogP contribution is -2.48. The molecule has 0 radical (unpaired) electrons. The topological polar surface area (TPSA) is 55.8 Å². The van der Waals surface area contributed by atoms with Gasteiger partial charge in [-0.25, -0.2) is 9.59 Å². The van der Waals surface area contributed by atoms with Crippen molar-refractivity contribution in [2.24, 2.45) is 0 Å². The van der Waals surface area contributed by atoms with Crippen LogP contribution >= 0.6 is 0 Å². The second-order valence-corrected chi connectivity index (χ2v) is 5.41. The zero-order valence-corrected chi connectivity index (χ0v) is 13.0. The molecule has 0 spiro atoms. The minimum Gasteiger partial charge on any atom is -0.464 e. The van der Waals surface area contributed by atoms with E-state index < -0.39 is 12.1 Å². The van der Waals surface area contributed by atoms with Gasteiger partial charge in [0.1, 0.15) is 12.6 Å². The van der Waals surface area contributed by atoms with Gasteiger partial charge in [0.05, 0.1) is 6.61 Å². The van der Waals surface area contributed by atoms with Crippen LogP contribution in [0.25, 0.3) is 0 Å². The van der Waals surface area contributed by atoms with Crippen molar-refractivity contribution < 1.29 is 19.1 Å². The standard InChI is InChI=1S/C17H23NO4/c1-2-12-21-16(19)15-10-6-7-11-18(15)17(20)22-13-14-8-4-3-5-9-14/h3-5,8-9,15H,2,6-7,10-13H2,1H3/t15-/m0/s1. The van der Waals surface area contributed by atoms with Crippen LogP contribution < -0.4 is 0 Å². The highest BCUT2D eigenvalue weighted by Crippen LogP contribution is 2.19. The number of ether oxygens (including phenoxy) is 2. The number of benzene rings is 1. The summed E-state index contributed by atoms with van der Waals surface area (Å²) in [5.41, 5.74) is 0.929. The molecule has 1 aromatic carbocycles. The first-order valence-electron chi connectivity index (χ1n) is 7.86. The van der Waals surface area contributed by atoms with Crippen LogP contribution in [0.4, 0.5) is 4.79 Å². The molecular weight excluding hydrogens is 282 g/mol. The summed E-state index contributed by atoms with van der Waals surface area (Å²) >= 11 is 0. The van der Waals surface area contributed by atoms with Crippen molar-refractivity contribution >= 4 is 12.1 Å². The van der Waals surface area contributed by atoms with Gasteiger partial charge in [-0.15, -0.1) is 0 Å². The van der Waals surface area contributed by atoms with E-state index in [4.69, 9.17) is 9.47 Å². The van der Waals surface area contributed by atoms with Crippen LogP contribution in [0.3, 0.4) is 0 Å². The van der Waals surface area contributed by atoms with Crippen molar-refractivity contribution in [3.05, 3.63) is 35.9 Å². The second kappa shape index (κ2) is 8.41. The van der Waals surface area contributed by atoms with Crippen molar-refractivity contribution in [3.63, 3.8) is 0 Å². The van der Waals surface area contributed by atoms with Crippen molar-refractivity contribution in [2.45, 2.75) is 45.3 Å². The maximum Gasteiger partial charge on any atom is 0.410 e. The molecule has 120 valence electrons. The van der Waals surface area contributed by atoms with E-state index in [1.165, 1.54) is 4.90 Å². The monoisotopic (exact) mass is 305 g/mol. The van der Waals surface area contributed by atoms with Gasteiger partial charge in [0.25, 0.3) is 0 Å². The van der Waals surface area contributed by atoms with Crippen molar-refractivity contribution in [1.29, 1.82) is 0 Å². The Balaban J connectivity index is 1.91. The molecule has 1 atom stereocenters. The first-order valence-corrected chi connectivity index (χ1v) is 7.86. The van der Waals surface area contributed by atoms with Gasteiger partial charge in [-0.3, -0.25) is 4.90 Å². The first kappa shape index (κ1) is 16.3. The lowest BCUT2D eigenvalue weighted by atomic mass is 10.0. The van der Waals surface area contributed by atoms with E-state index in [1.54, 1.807) is 0 Å². The summed E-state index contributed by atoms with van der Waals surface area (Å²) < 4.78 is 10.5. The molecule has 5 nitrogen and oxygen atoms in total. The van der Waals surface area contributed by atoms with Gasteiger partial charge in [0.2, 0.25) is 0 Å². The number of rotatable bonds is 5. The maximum absolute atomic E-state index is 12.3. The van der Waals surface area contributed by atoms with Crippen LogP contribution in [0.5, 0.6) is 0 Å². The van der Waals surface area contributed by atoms with E-state index in [9.17, 15) is 9.59 Å². The molecule has 0 bridgehead atoms. The number of esters is 1. The molecule has 0 aromatic heterocycles. The van der Waals surface area contributed by atoms with Crippen LogP contribution in [0.15, 0.2) is 30.3 Å². The summed E-state index contributed by atoms with van der Waals surface area (Å²) in [4.78, 5) is 25.8. The molecule has 0 N–H and O–H groups in total. The van der Waals surface area contributed by atoms with Gasteiger partial charge in [-0.2, -0.15) is 0 Å². The normalized spacial score (nSPS) is 17.9. The van der Waals surface area contributed by atoms with E-state index in [0.717, 1.165) is 24.8 Å². The van der Waals surface area contributed by atoms with E-state index >= 15 is 0 Å². The van der Waals surface area contributed by atoms with Crippen molar-refractivity contribution in [1.82, 2.24) is 4.90 Å². The van der Waals surface area contributed by atoms with Gasteiger partial charge in [-0.05, 0) is 31.2 Å². The Labute approximate surface area is 131 Å². The molecule has 1 saturated heterocycles. The van der Waals surface area contributed by atoms with E-state index in [2.05, 4.69) is 0 Å². The molecule has 1 aromatic rings. The fourth-order valence-corrected chi connectivity index (χ4v) is 2.50. The summed E-state index contributed by atoms with van der Waals surface area (Å²) in [5.74, 6) is -0.321. The van der Waals surface area contributed by atoms with Crippen LogP contribution in [0.1, 0.15) is 38.2 Å². The highest BCUT2D eigenvalue weighted by molar-refractivity contribution is 5.81. The highest BCUT2D eigenvalue weighted by atomic mass is 16.6. The van der Waals surface area contributed by atoms with Gasteiger partial charge >= 0.3 is 12.1 Å². The van der Waals surface area contributed by atoms with Crippen LogP contribution in [0.2, 0.25) is 0 Å². The molecule has 22 heavy (non-hydrogen) atoms. The Morgan fingerprint density at radius 2 is 1.95 bits per heavy atom. The van der Waals surface area contributed by atoms with Crippen molar-refractivity contribution in [3.8, 4) is 0 Å². The number of hydrogen-bond acceptors (Lipinski definition) is 4. The van der Waals surface area contributed by atoms with Crippen LogP contribution in [0, 0.1) is 0 Å². The largest absolute Gasteiger partial charge is 0.464 e. The Kier molecular flexibility index (Phi) is 6.25. The number of amides is 1. The molecular formula is C17H23NO4. The molecule has 2 rings (SSSR count). The van der Waals surface area contributed by atoms with Gasteiger partial charge < -0.3 is 9.47 Å². The molecule has 1 aliphatic heterocycles. The fraction of sp³-hybridized carbons (Fsp3) is 0.529. The predicted molar refractivity (Wildman–Crippen MR) is 82.2 cm³/mol. The summed E-state index contributed by atoms with van der Waals surface area (Å²) in [6.45, 7) is 3.09. The number of piperidine rings is 1. The molecule has 0 aliphatic carbocycles. The minimum absolute atomic E-state index is 0.215. The predicted octanol–water partition coefficient (Wildman–Crippen LogP) is 3.13. The number of hydrogen-bond donors (Lipinski definition) is 0. The first-order chi connectivity index (χ1) is 10.7. The average molecular weight is 305 g/mol. The van der Waals surface area contributed by atoms with E-state index in [1.807, 2.05) is 37.3 Å². The molecule has 1 aliphatic rings. The lowest BCUT2D eigenvalue weighted by molar-refractivity contribution is -0.150. The zero-order chi connectivity index (χ0) is 15.8. The van der Waals surface area contributed by atoms with E-state index in [-0.39, 0.29) is 12.6 Å². The minimum atomic E-state index is -0.511. The third kappa shape index (κ3) is 4.48. The Bertz CT molecular complexity index is 489.